The van der Waals surface area contributed by atoms with Gasteiger partial charge in [0.25, 0.3) is 0 Å². The number of hydrogen-bond donors (Lipinski definition) is 3. The van der Waals surface area contributed by atoms with Crippen LogP contribution in [0.5, 0.6) is 0 Å². The zero-order valence-corrected chi connectivity index (χ0v) is 21.1. The maximum Gasteiger partial charge on any atom is 0.312 e. The average molecular weight is 473 g/mol. The predicted octanol–water partition coefficient (Wildman–Crippen LogP) is 3.34. The quantitative estimate of drug-likeness (QED) is 0.430. The van der Waals surface area contributed by atoms with E-state index in [0.717, 1.165) is 38.5 Å². The van der Waals surface area contributed by atoms with E-state index in [2.05, 4.69) is 13.8 Å². The van der Waals surface area contributed by atoms with Gasteiger partial charge in [-0.2, -0.15) is 0 Å². The molecule has 0 aromatic carbocycles. The van der Waals surface area contributed by atoms with Crippen LogP contribution < -0.4 is 0 Å². The minimum absolute atomic E-state index is 0.0144. The topological polar surface area (TPSA) is 104 Å². The molecular formula is C28H40O6. The summed E-state index contributed by atoms with van der Waals surface area (Å²) in [5, 5.41) is 34.3. The average Bonchev–Trinajstić information content (AvgIpc) is 3.28. The number of carbonyl (C=O) groups excluding carboxylic acids is 2. The van der Waals surface area contributed by atoms with Crippen molar-refractivity contribution in [3.05, 3.63) is 23.3 Å². The largest absolute Gasteiger partial charge is 0.454 e. The molecule has 0 saturated heterocycles. The first-order valence-corrected chi connectivity index (χ1v) is 13.0. The molecule has 0 aliphatic heterocycles. The summed E-state index contributed by atoms with van der Waals surface area (Å²) in [5.41, 5.74) is -3.24. The normalized spacial score (nSPS) is 46.3. The number of aliphatic hydroxyl groups is 3. The van der Waals surface area contributed by atoms with Crippen molar-refractivity contribution in [3.63, 3.8) is 0 Å². The van der Waals surface area contributed by atoms with E-state index in [1.165, 1.54) is 0 Å². The van der Waals surface area contributed by atoms with Gasteiger partial charge in [0.15, 0.2) is 17.5 Å². The molecule has 6 nitrogen and oxygen atoms in total. The second-order valence-corrected chi connectivity index (χ2v) is 12.8. The molecule has 0 aromatic rings. The fourth-order valence-electron chi connectivity index (χ4n) is 8.38. The highest BCUT2D eigenvalue weighted by atomic mass is 16.6. The Morgan fingerprint density at radius 2 is 1.82 bits per heavy atom. The van der Waals surface area contributed by atoms with Gasteiger partial charge in [-0.3, -0.25) is 9.59 Å². The van der Waals surface area contributed by atoms with Gasteiger partial charge in [-0.25, -0.2) is 0 Å². The Bertz CT molecular complexity index is 971. The monoisotopic (exact) mass is 472 g/mol. The third-order valence-corrected chi connectivity index (χ3v) is 10.6. The summed E-state index contributed by atoms with van der Waals surface area (Å²) in [5.74, 6) is -0.822. The van der Waals surface area contributed by atoms with E-state index >= 15 is 0 Å². The molecule has 8 atom stereocenters. The van der Waals surface area contributed by atoms with Crippen LogP contribution in [0.15, 0.2) is 23.3 Å². The first kappa shape index (κ1) is 24.2. The number of esters is 1. The number of carbonyl (C=O) groups is 2. The maximum atomic E-state index is 14.4. The molecule has 34 heavy (non-hydrogen) atoms. The molecule has 7 unspecified atom stereocenters. The third-order valence-electron chi connectivity index (χ3n) is 10.6. The predicted molar refractivity (Wildman–Crippen MR) is 126 cm³/mol. The molecule has 3 fully saturated rings. The Morgan fingerprint density at radius 1 is 1.18 bits per heavy atom. The van der Waals surface area contributed by atoms with E-state index in [9.17, 15) is 24.9 Å². The molecule has 5 rings (SSSR count). The summed E-state index contributed by atoms with van der Waals surface area (Å²) < 4.78 is 6.08. The van der Waals surface area contributed by atoms with Gasteiger partial charge < -0.3 is 20.1 Å². The molecule has 3 N–H and O–H groups in total. The van der Waals surface area contributed by atoms with Crippen LogP contribution >= 0.6 is 0 Å². The van der Waals surface area contributed by atoms with E-state index in [0.29, 0.717) is 11.5 Å². The van der Waals surface area contributed by atoms with Crippen LogP contribution in [0.4, 0.5) is 0 Å². The smallest absolute Gasteiger partial charge is 0.312 e. The third kappa shape index (κ3) is 2.85. The van der Waals surface area contributed by atoms with Crippen molar-refractivity contribution in [1.82, 2.24) is 0 Å². The lowest BCUT2D eigenvalue weighted by Gasteiger charge is -2.49. The van der Waals surface area contributed by atoms with Crippen LogP contribution in [-0.4, -0.2) is 51.5 Å². The van der Waals surface area contributed by atoms with E-state index in [4.69, 9.17) is 4.74 Å². The van der Waals surface area contributed by atoms with E-state index in [-0.39, 0.29) is 34.6 Å². The molecule has 0 heterocycles. The second kappa shape index (κ2) is 7.50. The summed E-state index contributed by atoms with van der Waals surface area (Å²) in [7, 11) is 0. The number of aliphatic hydroxyl groups excluding tert-OH is 2. The van der Waals surface area contributed by atoms with Crippen molar-refractivity contribution in [2.75, 3.05) is 6.61 Å². The molecule has 1 spiro atoms. The van der Waals surface area contributed by atoms with Gasteiger partial charge in [0.1, 0.15) is 6.10 Å². The van der Waals surface area contributed by atoms with Crippen LogP contribution in [0.3, 0.4) is 0 Å². The Labute approximate surface area is 202 Å². The first-order valence-electron chi connectivity index (χ1n) is 13.0. The summed E-state index contributed by atoms with van der Waals surface area (Å²) in [6.07, 6.45) is 6.05. The van der Waals surface area contributed by atoms with Gasteiger partial charge in [-0.15, -0.1) is 0 Å². The molecule has 0 radical (unpaired) electrons. The molecule has 0 aromatic heterocycles. The number of Topliss-reactive ketones (excluding diaryl/α,β-unsaturated/α-hetero) is 1. The van der Waals surface area contributed by atoms with Gasteiger partial charge in [-0.1, -0.05) is 52.2 Å². The summed E-state index contributed by atoms with van der Waals surface area (Å²) in [6, 6.07) is 0. The van der Waals surface area contributed by atoms with Crippen molar-refractivity contribution in [2.45, 2.75) is 91.0 Å². The van der Waals surface area contributed by atoms with Crippen LogP contribution in [0.2, 0.25) is 0 Å². The van der Waals surface area contributed by atoms with Gasteiger partial charge >= 0.3 is 5.97 Å². The van der Waals surface area contributed by atoms with Crippen molar-refractivity contribution in [2.24, 2.45) is 39.9 Å². The fourth-order valence-corrected chi connectivity index (χ4v) is 8.38. The molecule has 2 bridgehead atoms. The standard InChI is InChI=1S/C28H40O6/c1-15-13-27-16(2)11-19-20(25(19,3)4)18(22(27)31)12-17(14-29)21(30)28(27,33)23(15)34-24(32)26(5)9-7-6-8-10-26/h12-13,16,18-21,23,29-30,33H,6-11,14H2,1-5H3/t16-,18?,19?,20?,21?,23?,27?,28?/m1/s1. The number of hydrogen-bond acceptors (Lipinski definition) is 6. The highest BCUT2D eigenvalue weighted by Gasteiger charge is 2.76. The molecule has 188 valence electrons. The molecule has 3 saturated carbocycles. The summed E-state index contributed by atoms with van der Waals surface area (Å²) in [4.78, 5) is 27.8. The number of ether oxygens (including phenoxy) is 1. The van der Waals surface area contributed by atoms with Gasteiger partial charge in [0.2, 0.25) is 0 Å². The molecule has 5 aliphatic rings. The first-order chi connectivity index (χ1) is 15.9. The second-order valence-electron chi connectivity index (χ2n) is 12.8. The fraction of sp³-hybridized carbons (Fsp3) is 0.786. The summed E-state index contributed by atoms with van der Waals surface area (Å²) in [6.45, 7) is 9.55. The number of allylic oxidation sites excluding steroid dienone is 1. The Hall–Kier alpha value is -1.50. The Kier molecular flexibility index (Phi) is 5.34. The van der Waals surface area contributed by atoms with Gasteiger partial charge in [0.05, 0.1) is 17.4 Å². The van der Waals surface area contributed by atoms with Crippen LogP contribution in [0.1, 0.15) is 73.1 Å². The minimum Gasteiger partial charge on any atom is -0.454 e. The zero-order chi connectivity index (χ0) is 24.8. The van der Waals surface area contributed by atoms with Crippen molar-refractivity contribution >= 4 is 11.8 Å². The number of rotatable bonds is 3. The highest BCUT2D eigenvalue weighted by Crippen LogP contribution is 2.71. The minimum atomic E-state index is -2.06. The van der Waals surface area contributed by atoms with Crippen molar-refractivity contribution in [3.8, 4) is 0 Å². The van der Waals surface area contributed by atoms with Crippen molar-refractivity contribution < 1.29 is 29.6 Å². The van der Waals surface area contributed by atoms with Crippen LogP contribution in [0, 0.1) is 39.9 Å². The maximum absolute atomic E-state index is 14.4. The van der Waals surface area contributed by atoms with E-state index in [1.54, 1.807) is 19.1 Å². The molecule has 0 amide bonds. The number of fused-ring (bicyclic) bond motifs is 3. The zero-order valence-electron chi connectivity index (χ0n) is 21.1. The highest BCUT2D eigenvalue weighted by molar-refractivity contribution is 5.95. The molecular weight excluding hydrogens is 432 g/mol. The Morgan fingerprint density at radius 3 is 2.44 bits per heavy atom. The van der Waals surface area contributed by atoms with Crippen LogP contribution in [0.25, 0.3) is 0 Å². The lowest BCUT2D eigenvalue weighted by Crippen LogP contribution is -2.66. The molecule has 6 heteroatoms. The van der Waals surface area contributed by atoms with E-state index < -0.39 is 41.2 Å². The van der Waals surface area contributed by atoms with Gasteiger partial charge in [0, 0.05) is 5.92 Å². The summed E-state index contributed by atoms with van der Waals surface area (Å²) >= 11 is 0. The number of ketones is 1. The van der Waals surface area contributed by atoms with Gasteiger partial charge in [-0.05, 0) is 67.4 Å². The van der Waals surface area contributed by atoms with E-state index in [1.807, 2.05) is 13.8 Å². The molecule has 5 aliphatic carbocycles. The lowest BCUT2D eigenvalue weighted by molar-refractivity contribution is -0.208. The Balaban J connectivity index is 1.61. The van der Waals surface area contributed by atoms with Crippen molar-refractivity contribution in [1.29, 1.82) is 0 Å². The SMILES string of the molecule is CC1=CC23C(=O)C(C=C(CO)C(O)C2(O)C1OC(=O)C1(C)CCCCC1)C1C(C[C@H]3C)C1(C)C. The lowest BCUT2D eigenvalue weighted by atomic mass is 9.59. The van der Waals surface area contributed by atoms with Crippen LogP contribution in [-0.2, 0) is 14.3 Å².